The van der Waals surface area contributed by atoms with Gasteiger partial charge in [-0.3, -0.25) is 0 Å². The van der Waals surface area contributed by atoms with Crippen LogP contribution in [0.15, 0.2) is 66.9 Å². The number of fused-ring (bicyclic) bond motifs is 2. The van der Waals surface area contributed by atoms with Crippen molar-refractivity contribution in [1.82, 2.24) is 14.5 Å². The third-order valence-corrected chi connectivity index (χ3v) is 6.27. The van der Waals surface area contributed by atoms with Crippen LogP contribution >= 0.6 is 0 Å². The number of anilines is 1. The summed E-state index contributed by atoms with van der Waals surface area (Å²) in [7, 11) is 5.33. The van der Waals surface area contributed by atoms with E-state index in [0.29, 0.717) is 17.3 Å². The van der Waals surface area contributed by atoms with Crippen molar-refractivity contribution in [3.8, 4) is 22.6 Å². The third kappa shape index (κ3) is 3.92. The van der Waals surface area contributed by atoms with E-state index in [9.17, 15) is 0 Å². The third-order valence-electron chi connectivity index (χ3n) is 6.27. The maximum atomic E-state index is 5.51. The minimum absolute atomic E-state index is 0.0333. The van der Waals surface area contributed by atoms with E-state index < -0.39 is 0 Å². The Balaban J connectivity index is 1.49. The summed E-state index contributed by atoms with van der Waals surface area (Å²) in [5.74, 6) is 2.76. The highest BCUT2D eigenvalue weighted by atomic mass is 16.5. The van der Waals surface area contributed by atoms with Crippen LogP contribution in [0.3, 0.4) is 0 Å². The Morgan fingerprint density at radius 1 is 0.882 bits per heavy atom. The van der Waals surface area contributed by atoms with Gasteiger partial charge < -0.3 is 19.4 Å². The monoisotopic (exact) mass is 452 g/mol. The van der Waals surface area contributed by atoms with Gasteiger partial charge >= 0.3 is 0 Å². The topological polar surface area (TPSA) is 61.2 Å². The van der Waals surface area contributed by atoms with Crippen molar-refractivity contribution in [2.45, 2.75) is 19.9 Å². The molecule has 0 aliphatic carbocycles. The first-order chi connectivity index (χ1) is 16.5. The number of aromatic nitrogens is 3. The first-order valence-electron chi connectivity index (χ1n) is 11.3. The number of benzene rings is 3. The van der Waals surface area contributed by atoms with Crippen molar-refractivity contribution in [2.24, 2.45) is 7.05 Å². The quantitative estimate of drug-likeness (QED) is 0.328. The van der Waals surface area contributed by atoms with Crippen LogP contribution in [0.2, 0.25) is 0 Å². The van der Waals surface area contributed by atoms with Gasteiger partial charge in [-0.1, -0.05) is 24.3 Å². The first kappa shape index (κ1) is 21.8. The SMILES string of the molecule is COc1cc2nc(C)nc(N[C@H](C)c3cccc(-c4ccc5c(ccn5C)c4)c3)c2cc1OC. The van der Waals surface area contributed by atoms with E-state index in [2.05, 4.69) is 83.6 Å². The fraction of sp³-hybridized carbons (Fsp3) is 0.214. The predicted octanol–water partition coefficient (Wildman–Crippen LogP) is 6.29. The first-order valence-corrected chi connectivity index (χ1v) is 11.3. The average molecular weight is 453 g/mol. The molecule has 0 aliphatic heterocycles. The lowest BCUT2D eigenvalue weighted by Crippen LogP contribution is -2.10. The lowest BCUT2D eigenvalue weighted by Gasteiger charge is -2.18. The number of methoxy groups -OCH3 is 2. The van der Waals surface area contributed by atoms with Crippen LogP contribution < -0.4 is 14.8 Å². The molecular weight excluding hydrogens is 424 g/mol. The molecule has 0 amide bonds. The molecule has 0 saturated carbocycles. The van der Waals surface area contributed by atoms with Crippen LogP contribution in [-0.4, -0.2) is 28.8 Å². The van der Waals surface area contributed by atoms with Gasteiger partial charge in [-0.15, -0.1) is 0 Å². The number of hydrogen-bond donors (Lipinski definition) is 1. The molecule has 0 unspecified atom stereocenters. The summed E-state index contributed by atoms with van der Waals surface area (Å²) in [4.78, 5) is 9.29. The van der Waals surface area contributed by atoms with Gasteiger partial charge in [0.25, 0.3) is 0 Å². The van der Waals surface area contributed by atoms with Gasteiger partial charge in [-0.05, 0) is 60.9 Å². The molecule has 34 heavy (non-hydrogen) atoms. The highest BCUT2D eigenvalue weighted by molar-refractivity contribution is 5.92. The Morgan fingerprint density at radius 2 is 1.65 bits per heavy atom. The van der Waals surface area contributed by atoms with E-state index in [1.54, 1.807) is 14.2 Å². The molecule has 1 atom stereocenters. The molecule has 5 aromatic rings. The number of hydrogen-bond acceptors (Lipinski definition) is 5. The molecule has 0 radical (unpaired) electrons. The van der Waals surface area contributed by atoms with E-state index in [1.165, 1.54) is 27.6 Å². The van der Waals surface area contributed by atoms with Crippen molar-refractivity contribution in [3.63, 3.8) is 0 Å². The van der Waals surface area contributed by atoms with E-state index in [1.807, 2.05) is 19.1 Å². The molecule has 1 N–H and O–H groups in total. The molecule has 2 aromatic heterocycles. The maximum absolute atomic E-state index is 5.51. The Hall–Kier alpha value is -4.06. The number of nitrogens with one attached hydrogen (secondary N) is 1. The summed E-state index contributed by atoms with van der Waals surface area (Å²) < 4.78 is 13.1. The summed E-state index contributed by atoms with van der Waals surface area (Å²) in [6.45, 7) is 4.04. The van der Waals surface area contributed by atoms with Crippen LogP contribution in [0.4, 0.5) is 5.82 Å². The van der Waals surface area contributed by atoms with Gasteiger partial charge in [-0.2, -0.15) is 0 Å². The molecule has 3 aromatic carbocycles. The molecule has 0 bridgehead atoms. The smallest absolute Gasteiger partial charge is 0.162 e. The number of ether oxygens (including phenoxy) is 2. The summed E-state index contributed by atoms with van der Waals surface area (Å²) in [6.07, 6.45) is 2.09. The molecule has 172 valence electrons. The zero-order valence-electron chi connectivity index (χ0n) is 20.1. The molecule has 6 heteroatoms. The van der Waals surface area contributed by atoms with Gasteiger partial charge in [0.1, 0.15) is 11.6 Å². The molecule has 0 fully saturated rings. The molecule has 0 spiro atoms. The van der Waals surface area contributed by atoms with E-state index in [0.717, 1.165) is 16.7 Å². The minimum Gasteiger partial charge on any atom is -0.493 e. The van der Waals surface area contributed by atoms with Crippen LogP contribution in [0.25, 0.3) is 32.9 Å². The Bertz CT molecular complexity index is 1510. The number of rotatable bonds is 6. The Kier molecular flexibility index (Phi) is 5.57. The maximum Gasteiger partial charge on any atom is 0.162 e. The Labute approximate surface area is 199 Å². The van der Waals surface area contributed by atoms with Crippen LogP contribution in [0, 0.1) is 6.92 Å². The zero-order valence-corrected chi connectivity index (χ0v) is 20.1. The molecule has 6 nitrogen and oxygen atoms in total. The van der Waals surface area contributed by atoms with Gasteiger partial charge in [0.15, 0.2) is 11.5 Å². The van der Waals surface area contributed by atoms with Gasteiger partial charge in [0.05, 0.1) is 19.7 Å². The van der Waals surface area contributed by atoms with Crippen molar-refractivity contribution >= 4 is 27.6 Å². The summed E-state index contributed by atoms with van der Waals surface area (Å²) >= 11 is 0. The standard InChI is InChI=1S/C28H28N4O2/c1-17(29-28-23-15-26(33-4)27(34-5)16-24(23)30-18(2)31-28)19-7-6-8-20(13-19)21-9-10-25-22(14-21)11-12-32(25)3/h6-17H,1-5H3,(H,29,30,31)/t17-/m1/s1. The van der Waals surface area contributed by atoms with E-state index >= 15 is 0 Å². The average Bonchev–Trinajstić information content (AvgIpc) is 3.23. The molecule has 2 heterocycles. The predicted molar refractivity (Wildman–Crippen MR) is 138 cm³/mol. The van der Waals surface area contributed by atoms with Gasteiger partial charge in [0.2, 0.25) is 0 Å². The highest BCUT2D eigenvalue weighted by Crippen LogP contribution is 2.35. The van der Waals surface area contributed by atoms with Gasteiger partial charge in [-0.25, -0.2) is 9.97 Å². The minimum atomic E-state index is 0.0333. The largest absolute Gasteiger partial charge is 0.493 e. The second-order valence-electron chi connectivity index (χ2n) is 8.54. The number of nitrogens with zero attached hydrogens (tertiary/aromatic N) is 3. The summed E-state index contributed by atoms with van der Waals surface area (Å²) in [5.41, 5.74) is 5.60. The van der Waals surface area contributed by atoms with E-state index in [4.69, 9.17) is 14.5 Å². The summed E-state index contributed by atoms with van der Waals surface area (Å²) in [6, 6.07) is 21.2. The van der Waals surface area contributed by atoms with E-state index in [-0.39, 0.29) is 6.04 Å². The second kappa shape index (κ2) is 8.71. The highest BCUT2D eigenvalue weighted by Gasteiger charge is 2.15. The summed E-state index contributed by atoms with van der Waals surface area (Å²) in [5, 5.41) is 5.72. The lowest BCUT2D eigenvalue weighted by molar-refractivity contribution is 0.356. The normalized spacial score (nSPS) is 12.1. The fourth-order valence-electron chi connectivity index (χ4n) is 4.42. The van der Waals surface area contributed by atoms with Crippen molar-refractivity contribution < 1.29 is 9.47 Å². The fourth-order valence-corrected chi connectivity index (χ4v) is 4.42. The van der Waals surface area contributed by atoms with Crippen molar-refractivity contribution in [3.05, 3.63) is 78.2 Å². The molecule has 0 aliphatic rings. The van der Waals surface area contributed by atoms with Gasteiger partial charge in [0, 0.05) is 41.6 Å². The second-order valence-corrected chi connectivity index (χ2v) is 8.54. The van der Waals surface area contributed by atoms with Crippen LogP contribution in [0.1, 0.15) is 24.4 Å². The molecule has 0 saturated heterocycles. The lowest BCUT2D eigenvalue weighted by atomic mass is 9.99. The number of aryl methyl sites for hydroxylation is 2. The molecule has 5 rings (SSSR count). The van der Waals surface area contributed by atoms with Crippen molar-refractivity contribution in [1.29, 1.82) is 0 Å². The molecular formula is C28H28N4O2. The Morgan fingerprint density at radius 3 is 2.44 bits per heavy atom. The van der Waals surface area contributed by atoms with Crippen LogP contribution in [0.5, 0.6) is 11.5 Å². The zero-order chi connectivity index (χ0) is 23.8. The van der Waals surface area contributed by atoms with Crippen LogP contribution in [-0.2, 0) is 7.05 Å². The van der Waals surface area contributed by atoms with Crippen molar-refractivity contribution in [2.75, 3.05) is 19.5 Å².